The smallest absolute Gasteiger partial charge is 0.330 e. The zero-order valence-corrected chi connectivity index (χ0v) is 9.19. The van der Waals surface area contributed by atoms with E-state index in [9.17, 15) is 4.79 Å². The summed E-state index contributed by atoms with van der Waals surface area (Å²) in [4.78, 5) is 9.86. The molecule has 14 heavy (non-hydrogen) atoms. The van der Waals surface area contributed by atoms with E-state index in [1.165, 1.54) is 0 Å². The average Bonchev–Trinajstić information content (AvgIpc) is 2.01. The molecule has 2 atom stereocenters. The minimum Gasteiger partial charge on any atom is -0.478 e. The highest BCUT2D eigenvalue weighted by molar-refractivity contribution is 5.85. The van der Waals surface area contributed by atoms with Gasteiger partial charge in [0, 0.05) is 5.57 Å². The summed E-state index contributed by atoms with van der Waals surface area (Å²) in [6.45, 7) is 6.57. The van der Waals surface area contributed by atoms with Crippen LogP contribution in [0, 0.1) is 0 Å². The van der Waals surface area contributed by atoms with Crippen LogP contribution in [0.1, 0.15) is 34.1 Å². The van der Waals surface area contributed by atoms with E-state index < -0.39 is 5.97 Å². The molecule has 0 amide bonds. The molecule has 3 N–H and O–H groups in total. The van der Waals surface area contributed by atoms with Crippen LogP contribution in [0.2, 0.25) is 0 Å². The number of carboxylic acids is 1. The van der Waals surface area contributed by atoms with Crippen LogP contribution in [0.5, 0.6) is 0 Å². The maximum absolute atomic E-state index is 9.86. The first-order chi connectivity index (χ1) is 6.31. The fourth-order valence-corrected chi connectivity index (χ4v) is 0.617. The van der Waals surface area contributed by atoms with Crippen LogP contribution in [0.15, 0.2) is 11.6 Å². The first-order valence-electron chi connectivity index (χ1n) is 4.53. The third kappa shape index (κ3) is 13.7. The van der Waals surface area contributed by atoms with Crippen molar-refractivity contribution in [3.8, 4) is 0 Å². The summed E-state index contributed by atoms with van der Waals surface area (Å²) in [7, 11) is 0. The van der Waals surface area contributed by atoms with Gasteiger partial charge in [-0.15, -0.1) is 0 Å². The van der Waals surface area contributed by atoms with E-state index in [1.54, 1.807) is 33.8 Å². The Kier molecular flexibility index (Phi) is 9.71. The lowest BCUT2D eigenvalue weighted by atomic mass is 10.2. The molecular weight excluding hydrogens is 184 g/mol. The largest absolute Gasteiger partial charge is 0.478 e. The zero-order valence-electron chi connectivity index (χ0n) is 9.19. The van der Waals surface area contributed by atoms with Gasteiger partial charge in [0.25, 0.3) is 0 Å². The van der Waals surface area contributed by atoms with Crippen molar-refractivity contribution in [3.05, 3.63) is 11.6 Å². The standard InChI is InChI=1S/C5H12O2.C5H8O2/c1-4(6)3-5(2)7;1-3-4(2)5(6)7/h4-7H,3H2,1-2H3;3H,1-2H3,(H,6,7). The molecule has 0 saturated carbocycles. The number of hydrogen-bond donors (Lipinski definition) is 3. The molecular formula is C10H20O4. The van der Waals surface area contributed by atoms with Gasteiger partial charge in [-0.05, 0) is 34.1 Å². The Morgan fingerprint density at radius 2 is 1.64 bits per heavy atom. The number of rotatable bonds is 3. The summed E-state index contributed by atoms with van der Waals surface area (Å²) in [5.74, 6) is -0.845. The van der Waals surface area contributed by atoms with Gasteiger partial charge in [0.15, 0.2) is 0 Å². The topological polar surface area (TPSA) is 77.8 Å². The number of allylic oxidation sites excluding steroid dienone is 1. The van der Waals surface area contributed by atoms with Crippen LogP contribution in [0.25, 0.3) is 0 Å². The molecule has 0 spiro atoms. The normalized spacial score (nSPS) is 15.1. The molecule has 2 unspecified atom stereocenters. The Labute approximate surface area is 84.9 Å². The molecule has 0 radical (unpaired) electrons. The Balaban J connectivity index is 0. The fourth-order valence-electron chi connectivity index (χ4n) is 0.617. The molecule has 0 aliphatic carbocycles. The second-order valence-corrected chi connectivity index (χ2v) is 3.21. The minimum absolute atomic E-state index is 0.375. The highest BCUT2D eigenvalue weighted by Crippen LogP contribution is 1.93. The van der Waals surface area contributed by atoms with Gasteiger partial charge < -0.3 is 15.3 Å². The Morgan fingerprint density at radius 1 is 1.29 bits per heavy atom. The molecule has 0 rings (SSSR count). The number of aliphatic hydroxyl groups excluding tert-OH is 2. The quantitative estimate of drug-likeness (QED) is 0.603. The average molecular weight is 204 g/mol. The lowest BCUT2D eigenvalue weighted by molar-refractivity contribution is -0.132. The van der Waals surface area contributed by atoms with E-state index in [-0.39, 0.29) is 12.2 Å². The molecule has 0 aliphatic heterocycles. The molecule has 0 fully saturated rings. The van der Waals surface area contributed by atoms with E-state index in [1.807, 2.05) is 0 Å². The van der Waals surface area contributed by atoms with E-state index in [0.29, 0.717) is 12.0 Å². The lowest BCUT2D eigenvalue weighted by Gasteiger charge is -2.04. The second kappa shape index (κ2) is 8.72. The van der Waals surface area contributed by atoms with Crippen molar-refractivity contribution < 1.29 is 20.1 Å². The monoisotopic (exact) mass is 204 g/mol. The van der Waals surface area contributed by atoms with Gasteiger partial charge in [-0.3, -0.25) is 0 Å². The van der Waals surface area contributed by atoms with Crippen molar-refractivity contribution in [1.29, 1.82) is 0 Å². The molecule has 0 aromatic heterocycles. The minimum atomic E-state index is -0.845. The van der Waals surface area contributed by atoms with E-state index in [0.717, 1.165) is 0 Å². The summed E-state index contributed by atoms with van der Waals surface area (Å²) >= 11 is 0. The van der Waals surface area contributed by atoms with Crippen LogP contribution >= 0.6 is 0 Å². The van der Waals surface area contributed by atoms with Crippen LogP contribution < -0.4 is 0 Å². The highest BCUT2D eigenvalue weighted by Gasteiger charge is 1.98. The fraction of sp³-hybridized carbons (Fsp3) is 0.700. The van der Waals surface area contributed by atoms with Crippen molar-refractivity contribution in [1.82, 2.24) is 0 Å². The van der Waals surface area contributed by atoms with Crippen molar-refractivity contribution in [2.75, 3.05) is 0 Å². The van der Waals surface area contributed by atoms with Crippen molar-refractivity contribution in [2.45, 2.75) is 46.3 Å². The predicted octanol–water partition coefficient (Wildman–Crippen LogP) is 1.18. The number of aliphatic carboxylic acids is 1. The van der Waals surface area contributed by atoms with Crippen molar-refractivity contribution >= 4 is 5.97 Å². The molecule has 0 saturated heterocycles. The number of carboxylic acid groups (broad SMARTS) is 1. The lowest BCUT2D eigenvalue weighted by Crippen LogP contribution is -2.10. The molecule has 4 heteroatoms. The van der Waals surface area contributed by atoms with Gasteiger partial charge in [-0.2, -0.15) is 0 Å². The molecule has 0 heterocycles. The summed E-state index contributed by atoms with van der Waals surface area (Å²) in [6, 6.07) is 0. The van der Waals surface area contributed by atoms with Crippen molar-refractivity contribution in [2.24, 2.45) is 0 Å². The van der Waals surface area contributed by atoms with Gasteiger partial charge in [-0.25, -0.2) is 4.79 Å². The number of carbonyl (C=O) groups is 1. The molecule has 0 aromatic carbocycles. The van der Waals surface area contributed by atoms with Gasteiger partial charge in [0.2, 0.25) is 0 Å². The van der Waals surface area contributed by atoms with Gasteiger partial charge in [-0.1, -0.05) is 6.08 Å². The van der Waals surface area contributed by atoms with Crippen molar-refractivity contribution in [3.63, 3.8) is 0 Å². The molecule has 84 valence electrons. The van der Waals surface area contributed by atoms with Gasteiger partial charge in [0.1, 0.15) is 0 Å². The maximum Gasteiger partial charge on any atom is 0.330 e. The van der Waals surface area contributed by atoms with Gasteiger partial charge in [0.05, 0.1) is 12.2 Å². The molecule has 0 bridgehead atoms. The van der Waals surface area contributed by atoms with Crippen LogP contribution in [0.3, 0.4) is 0 Å². The summed E-state index contributed by atoms with van der Waals surface area (Å²) in [5.41, 5.74) is 0.389. The molecule has 0 aliphatic rings. The predicted molar refractivity (Wildman–Crippen MR) is 55.0 cm³/mol. The van der Waals surface area contributed by atoms with Crippen LogP contribution in [-0.2, 0) is 4.79 Å². The molecule has 0 aromatic rings. The summed E-state index contributed by atoms with van der Waals surface area (Å²) in [5, 5.41) is 25.2. The Bertz CT molecular complexity index is 177. The SMILES string of the molecule is CC(O)CC(C)O.CC=C(C)C(=O)O. The second-order valence-electron chi connectivity index (χ2n) is 3.21. The van der Waals surface area contributed by atoms with Crippen LogP contribution in [0.4, 0.5) is 0 Å². The zero-order chi connectivity index (χ0) is 11.7. The van der Waals surface area contributed by atoms with Gasteiger partial charge >= 0.3 is 5.97 Å². The third-order valence-corrected chi connectivity index (χ3v) is 1.45. The van der Waals surface area contributed by atoms with Crippen LogP contribution in [-0.4, -0.2) is 33.5 Å². The third-order valence-electron chi connectivity index (χ3n) is 1.45. The highest BCUT2D eigenvalue weighted by atomic mass is 16.4. The first kappa shape index (κ1) is 15.6. The molecule has 4 nitrogen and oxygen atoms in total. The number of aliphatic hydroxyl groups is 2. The van der Waals surface area contributed by atoms with E-state index >= 15 is 0 Å². The maximum atomic E-state index is 9.86. The van der Waals surface area contributed by atoms with E-state index in [4.69, 9.17) is 15.3 Å². The Hall–Kier alpha value is -0.870. The van der Waals surface area contributed by atoms with E-state index in [2.05, 4.69) is 0 Å². The summed E-state index contributed by atoms with van der Waals surface area (Å²) in [6.07, 6.45) is 1.28. The summed E-state index contributed by atoms with van der Waals surface area (Å²) < 4.78 is 0. The Morgan fingerprint density at radius 3 is 1.64 bits per heavy atom. The number of hydrogen-bond acceptors (Lipinski definition) is 3. The first-order valence-corrected chi connectivity index (χ1v) is 4.53.